The summed E-state index contributed by atoms with van der Waals surface area (Å²) in [5, 5.41) is 14.6. The molecule has 3 rings (SSSR count). The van der Waals surface area contributed by atoms with Crippen molar-refractivity contribution in [2.24, 2.45) is 0 Å². The first kappa shape index (κ1) is 15.6. The molecule has 0 spiro atoms. The van der Waals surface area contributed by atoms with Crippen molar-refractivity contribution in [3.05, 3.63) is 64.3 Å². The lowest BCUT2D eigenvalue weighted by molar-refractivity contribution is -0.385. The second kappa shape index (κ2) is 6.84. The zero-order valence-electron chi connectivity index (χ0n) is 12.0. The Labute approximate surface area is 140 Å². The van der Waals surface area contributed by atoms with Crippen molar-refractivity contribution in [1.82, 2.24) is 19.9 Å². The van der Waals surface area contributed by atoms with Gasteiger partial charge in [0.15, 0.2) is 0 Å². The van der Waals surface area contributed by atoms with Crippen molar-refractivity contribution in [2.45, 2.75) is 0 Å². The van der Waals surface area contributed by atoms with E-state index in [9.17, 15) is 10.1 Å². The maximum Gasteiger partial charge on any atom is 0.373 e. The second-order valence-corrected chi connectivity index (χ2v) is 4.85. The molecule has 0 bridgehead atoms. The van der Waals surface area contributed by atoms with E-state index in [-0.39, 0.29) is 11.7 Å². The van der Waals surface area contributed by atoms with Gasteiger partial charge < -0.3 is 10.1 Å². The summed E-state index contributed by atoms with van der Waals surface area (Å²) >= 11 is 5.76. The van der Waals surface area contributed by atoms with Gasteiger partial charge in [0.2, 0.25) is 5.82 Å². The number of nitrogens with one attached hydrogen (secondary N) is 1. The van der Waals surface area contributed by atoms with E-state index in [4.69, 9.17) is 16.3 Å². The highest BCUT2D eigenvalue weighted by atomic mass is 35.5. The van der Waals surface area contributed by atoms with E-state index in [1.165, 1.54) is 12.4 Å². The van der Waals surface area contributed by atoms with Crippen molar-refractivity contribution < 1.29 is 9.66 Å². The number of anilines is 2. The van der Waals surface area contributed by atoms with Crippen LogP contribution in [0.1, 0.15) is 0 Å². The number of nitro groups is 1. The molecule has 0 radical (unpaired) electrons. The SMILES string of the molecule is O=[N+]([O-])c1c(Nc2ccc(Cl)cn2)ncnc1Oc1cccnc1. The molecule has 0 aliphatic heterocycles. The lowest BCUT2D eigenvalue weighted by Crippen LogP contribution is -2.04. The third-order valence-corrected chi connectivity index (χ3v) is 3.02. The van der Waals surface area contributed by atoms with Crippen LogP contribution in [-0.2, 0) is 0 Å². The molecule has 120 valence electrons. The first-order valence-electron chi connectivity index (χ1n) is 6.59. The molecule has 0 aliphatic carbocycles. The van der Waals surface area contributed by atoms with Gasteiger partial charge >= 0.3 is 11.6 Å². The first-order valence-corrected chi connectivity index (χ1v) is 6.97. The van der Waals surface area contributed by atoms with Crippen molar-refractivity contribution in [3.8, 4) is 11.6 Å². The van der Waals surface area contributed by atoms with Crippen LogP contribution >= 0.6 is 11.6 Å². The Morgan fingerprint density at radius 3 is 2.71 bits per heavy atom. The summed E-state index contributed by atoms with van der Waals surface area (Å²) in [7, 11) is 0. The number of hydrogen-bond acceptors (Lipinski definition) is 8. The summed E-state index contributed by atoms with van der Waals surface area (Å²) in [4.78, 5) is 26.4. The van der Waals surface area contributed by atoms with Crippen LogP contribution < -0.4 is 10.1 Å². The van der Waals surface area contributed by atoms with E-state index in [0.29, 0.717) is 16.6 Å². The van der Waals surface area contributed by atoms with E-state index in [1.54, 1.807) is 30.5 Å². The summed E-state index contributed by atoms with van der Waals surface area (Å²) in [6.45, 7) is 0. The average Bonchev–Trinajstić information content (AvgIpc) is 2.58. The molecular formula is C14H9ClN6O3. The number of hydrogen-bond donors (Lipinski definition) is 1. The van der Waals surface area contributed by atoms with Crippen LogP contribution in [0.3, 0.4) is 0 Å². The van der Waals surface area contributed by atoms with Gasteiger partial charge in [0, 0.05) is 12.4 Å². The Hall–Kier alpha value is -3.33. The monoisotopic (exact) mass is 344 g/mol. The molecule has 3 aromatic heterocycles. The summed E-state index contributed by atoms with van der Waals surface area (Å²) in [6, 6.07) is 6.40. The average molecular weight is 345 g/mol. The summed E-state index contributed by atoms with van der Waals surface area (Å²) in [5.41, 5.74) is -0.418. The van der Waals surface area contributed by atoms with Crippen LogP contribution in [0.2, 0.25) is 5.02 Å². The van der Waals surface area contributed by atoms with Crippen molar-refractivity contribution >= 4 is 28.9 Å². The molecule has 0 aromatic carbocycles. The Morgan fingerprint density at radius 1 is 1.17 bits per heavy atom. The Morgan fingerprint density at radius 2 is 2.04 bits per heavy atom. The number of ether oxygens (including phenoxy) is 1. The maximum absolute atomic E-state index is 11.4. The summed E-state index contributed by atoms with van der Waals surface area (Å²) < 4.78 is 5.43. The fraction of sp³-hybridized carbons (Fsp3) is 0. The number of pyridine rings is 2. The van der Waals surface area contributed by atoms with Crippen molar-refractivity contribution in [3.63, 3.8) is 0 Å². The lowest BCUT2D eigenvalue weighted by atomic mass is 10.4. The quantitative estimate of drug-likeness (QED) is 0.553. The fourth-order valence-corrected chi connectivity index (χ4v) is 1.90. The van der Waals surface area contributed by atoms with Crippen LogP contribution in [0.25, 0.3) is 0 Å². The van der Waals surface area contributed by atoms with Crippen LogP contribution in [0.15, 0.2) is 49.2 Å². The highest BCUT2D eigenvalue weighted by Gasteiger charge is 2.25. The van der Waals surface area contributed by atoms with Crippen LogP contribution in [0.4, 0.5) is 17.3 Å². The van der Waals surface area contributed by atoms with Gasteiger partial charge in [0.1, 0.15) is 17.9 Å². The standard InChI is InChI=1S/C14H9ClN6O3/c15-9-3-4-11(17-6-9)20-13-12(21(22)23)14(19-8-18-13)24-10-2-1-5-16-7-10/h1-8H,(H,17,18,19,20). The highest BCUT2D eigenvalue weighted by Crippen LogP contribution is 2.34. The predicted octanol–water partition coefficient (Wildman–Crippen LogP) is 3.36. The Kier molecular flexibility index (Phi) is 4.43. The van der Waals surface area contributed by atoms with Crippen molar-refractivity contribution in [2.75, 3.05) is 5.32 Å². The molecule has 0 amide bonds. The molecule has 0 aliphatic rings. The van der Waals surface area contributed by atoms with E-state index >= 15 is 0 Å². The molecule has 10 heteroatoms. The molecule has 3 aromatic rings. The normalized spacial score (nSPS) is 10.2. The lowest BCUT2D eigenvalue weighted by Gasteiger charge is -2.08. The third-order valence-electron chi connectivity index (χ3n) is 2.79. The molecular weight excluding hydrogens is 336 g/mol. The number of halogens is 1. The molecule has 9 nitrogen and oxygen atoms in total. The largest absolute Gasteiger partial charge is 0.432 e. The van der Waals surface area contributed by atoms with E-state index < -0.39 is 10.6 Å². The minimum absolute atomic E-state index is 0.0521. The molecule has 0 unspecified atom stereocenters. The number of aromatic nitrogens is 4. The molecule has 0 fully saturated rings. The maximum atomic E-state index is 11.4. The first-order chi connectivity index (χ1) is 11.6. The van der Waals surface area contributed by atoms with Crippen LogP contribution in [0.5, 0.6) is 11.6 Å². The van der Waals surface area contributed by atoms with Gasteiger partial charge in [-0.3, -0.25) is 15.1 Å². The molecule has 24 heavy (non-hydrogen) atoms. The van der Waals surface area contributed by atoms with Crippen LogP contribution in [0, 0.1) is 10.1 Å². The Bertz CT molecular complexity index is 860. The van der Waals surface area contributed by atoms with Gasteiger partial charge in [-0.05, 0) is 24.3 Å². The van der Waals surface area contributed by atoms with Gasteiger partial charge in [0.05, 0.1) is 16.1 Å². The van der Waals surface area contributed by atoms with Gasteiger partial charge in [-0.25, -0.2) is 9.97 Å². The number of rotatable bonds is 5. The summed E-state index contributed by atoms with van der Waals surface area (Å²) in [6.07, 6.45) is 5.53. The van der Waals surface area contributed by atoms with Crippen molar-refractivity contribution in [1.29, 1.82) is 0 Å². The minimum atomic E-state index is -0.635. The van der Waals surface area contributed by atoms with Crippen LogP contribution in [-0.4, -0.2) is 24.9 Å². The predicted molar refractivity (Wildman–Crippen MR) is 85.5 cm³/mol. The number of nitrogens with zero attached hydrogens (tertiary/aromatic N) is 5. The smallest absolute Gasteiger partial charge is 0.373 e. The summed E-state index contributed by atoms with van der Waals surface area (Å²) in [5.74, 6) is 0.395. The fourth-order valence-electron chi connectivity index (χ4n) is 1.78. The van der Waals surface area contributed by atoms with E-state index in [1.807, 2.05) is 0 Å². The second-order valence-electron chi connectivity index (χ2n) is 4.41. The molecule has 1 N–H and O–H groups in total. The molecule has 0 saturated heterocycles. The third kappa shape index (κ3) is 3.52. The minimum Gasteiger partial charge on any atom is -0.432 e. The molecule has 0 atom stereocenters. The van der Waals surface area contributed by atoms with E-state index in [0.717, 1.165) is 6.33 Å². The van der Waals surface area contributed by atoms with Gasteiger partial charge in [-0.15, -0.1) is 0 Å². The molecule has 0 saturated carbocycles. The van der Waals surface area contributed by atoms with E-state index in [2.05, 4.69) is 25.3 Å². The van der Waals surface area contributed by atoms with Gasteiger partial charge in [-0.2, -0.15) is 4.98 Å². The zero-order valence-corrected chi connectivity index (χ0v) is 12.7. The topological polar surface area (TPSA) is 116 Å². The Balaban J connectivity index is 1.96. The van der Waals surface area contributed by atoms with Gasteiger partial charge in [-0.1, -0.05) is 11.6 Å². The van der Waals surface area contributed by atoms with Gasteiger partial charge in [0.25, 0.3) is 0 Å². The highest BCUT2D eigenvalue weighted by molar-refractivity contribution is 6.30. The molecule has 3 heterocycles. The zero-order chi connectivity index (χ0) is 16.9.